The van der Waals surface area contributed by atoms with E-state index in [2.05, 4.69) is 29.6 Å². The van der Waals surface area contributed by atoms with Gasteiger partial charge in [0.15, 0.2) is 0 Å². The van der Waals surface area contributed by atoms with Gasteiger partial charge in [-0.1, -0.05) is 48.5 Å². The number of amides is 2. The van der Waals surface area contributed by atoms with Crippen molar-refractivity contribution in [1.82, 2.24) is 10.2 Å². The summed E-state index contributed by atoms with van der Waals surface area (Å²) >= 11 is 0. The minimum atomic E-state index is -0.854. The minimum absolute atomic E-state index is 0.0510. The fourth-order valence-corrected chi connectivity index (χ4v) is 5.70. The van der Waals surface area contributed by atoms with Crippen molar-refractivity contribution in [2.75, 3.05) is 6.61 Å². The molecule has 2 amide bonds. The highest BCUT2D eigenvalue weighted by molar-refractivity contribution is 5.87. The Hall–Kier alpha value is -3.35. The number of ether oxygens (including phenoxy) is 1. The molecule has 2 fully saturated rings. The van der Waals surface area contributed by atoms with E-state index >= 15 is 0 Å². The summed E-state index contributed by atoms with van der Waals surface area (Å²) < 4.78 is 5.54. The molecule has 7 heteroatoms. The van der Waals surface area contributed by atoms with E-state index in [-0.39, 0.29) is 30.5 Å². The summed E-state index contributed by atoms with van der Waals surface area (Å²) in [7, 11) is 0. The molecule has 7 nitrogen and oxygen atoms in total. The summed E-state index contributed by atoms with van der Waals surface area (Å²) in [5.74, 6) is -1.66. The zero-order chi connectivity index (χ0) is 22.4. The van der Waals surface area contributed by atoms with Crippen molar-refractivity contribution in [3.05, 3.63) is 59.7 Å². The van der Waals surface area contributed by atoms with Crippen LogP contribution in [0.5, 0.6) is 0 Å². The molecule has 2 bridgehead atoms. The molecule has 2 saturated heterocycles. The Balaban J connectivity index is 1.22. The van der Waals surface area contributed by atoms with Gasteiger partial charge in [0.05, 0.1) is 5.92 Å². The molecule has 4 atom stereocenters. The number of carboxylic acid groups (broad SMARTS) is 1. The van der Waals surface area contributed by atoms with Crippen molar-refractivity contribution in [3.8, 4) is 11.1 Å². The van der Waals surface area contributed by atoms with E-state index in [1.54, 1.807) is 11.8 Å². The summed E-state index contributed by atoms with van der Waals surface area (Å²) in [4.78, 5) is 38.6. The number of carbonyl (C=O) groups excluding carboxylic acids is 2. The lowest BCUT2D eigenvalue weighted by Gasteiger charge is -2.26. The zero-order valence-corrected chi connectivity index (χ0v) is 17.9. The second-order valence-corrected chi connectivity index (χ2v) is 8.92. The van der Waals surface area contributed by atoms with Gasteiger partial charge in [-0.05, 0) is 48.4 Å². The average molecular weight is 434 g/mol. The molecule has 2 aliphatic heterocycles. The Morgan fingerprint density at radius 2 is 1.69 bits per heavy atom. The molecule has 0 saturated carbocycles. The molecule has 2 aromatic carbocycles. The average Bonchev–Trinajstić information content (AvgIpc) is 3.47. The van der Waals surface area contributed by atoms with Crippen LogP contribution in [0.1, 0.15) is 43.2 Å². The van der Waals surface area contributed by atoms with Gasteiger partial charge >= 0.3 is 12.1 Å². The summed E-state index contributed by atoms with van der Waals surface area (Å²) in [6, 6.07) is 15.1. The molecule has 166 valence electrons. The van der Waals surface area contributed by atoms with Gasteiger partial charge in [0, 0.05) is 18.0 Å². The number of alkyl carbamates (subject to hydrolysis) is 1. The van der Waals surface area contributed by atoms with Crippen molar-refractivity contribution in [1.29, 1.82) is 0 Å². The highest BCUT2D eigenvalue weighted by Gasteiger charge is 2.52. The van der Waals surface area contributed by atoms with Gasteiger partial charge in [-0.15, -0.1) is 0 Å². The number of hydrogen-bond donors (Lipinski definition) is 2. The second kappa shape index (κ2) is 7.97. The molecule has 3 aliphatic rings. The third-order valence-corrected chi connectivity index (χ3v) is 7.16. The Kier molecular flexibility index (Phi) is 5.12. The number of rotatable bonds is 5. The number of carboxylic acids is 1. The van der Waals surface area contributed by atoms with E-state index in [0.29, 0.717) is 12.8 Å². The lowest BCUT2D eigenvalue weighted by Crippen LogP contribution is -2.49. The Morgan fingerprint density at radius 1 is 1.06 bits per heavy atom. The first kappa shape index (κ1) is 20.5. The summed E-state index contributed by atoms with van der Waals surface area (Å²) in [6.45, 7) is 1.80. The molecule has 0 radical (unpaired) electrons. The van der Waals surface area contributed by atoms with Gasteiger partial charge in [0.2, 0.25) is 5.91 Å². The number of benzene rings is 2. The van der Waals surface area contributed by atoms with Crippen LogP contribution in [0.25, 0.3) is 11.1 Å². The zero-order valence-electron chi connectivity index (χ0n) is 17.9. The van der Waals surface area contributed by atoms with E-state index in [4.69, 9.17) is 4.74 Å². The van der Waals surface area contributed by atoms with Crippen molar-refractivity contribution in [2.45, 2.75) is 50.2 Å². The van der Waals surface area contributed by atoms with Crippen molar-refractivity contribution < 1.29 is 24.2 Å². The van der Waals surface area contributed by atoms with Crippen LogP contribution >= 0.6 is 0 Å². The Labute approximate surface area is 186 Å². The number of hydrogen-bond acceptors (Lipinski definition) is 4. The molecular formula is C25H26N2O5. The molecule has 5 rings (SSSR count). The fraction of sp³-hybridized carbons (Fsp3) is 0.400. The van der Waals surface area contributed by atoms with Crippen LogP contribution in [0.3, 0.4) is 0 Å². The van der Waals surface area contributed by atoms with Crippen LogP contribution in [-0.4, -0.2) is 52.7 Å². The van der Waals surface area contributed by atoms with E-state index in [1.165, 1.54) is 0 Å². The van der Waals surface area contributed by atoms with Gasteiger partial charge in [-0.3, -0.25) is 9.59 Å². The van der Waals surface area contributed by atoms with Crippen molar-refractivity contribution in [3.63, 3.8) is 0 Å². The van der Waals surface area contributed by atoms with Crippen LogP contribution in [-0.2, 0) is 14.3 Å². The number of aliphatic carboxylic acids is 1. The first-order valence-electron chi connectivity index (χ1n) is 11.1. The molecule has 2 aromatic rings. The first-order valence-corrected chi connectivity index (χ1v) is 11.1. The highest BCUT2D eigenvalue weighted by Crippen LogP contribution is 2.44. The van der Waals surface area contributed by atoms with E-state index in [9.17, 15) is 19.5 Å². The molecule has 2 heterocycles. The Bertz CT molecular complexity index is 1040. The maximum absolute atomic E-state index is 13.0. The van der Waals surface area contributed by atoms with Crippen LogP contribution in [0.4, 0.5) is 4.79 Å². The van der Waals surface area contributed by atoms with Crippen LogP contribution < -0.4 is 5.32 Å². The molecule has 2 N–H and O–H groups in total. The Morgan fingerprint density at radius 3 is 2.28 bits per heavy atom. The minimum Gasteiger partial charge on any atom is -0.481 e. The summed E-state index contributed by atoms with van der Waals surface area (Å²) in [5, 5.41) is 12.0. The third-order valence-electron chi connectivity index (χ3n) is 7.16. The molecule has 3 unspecified atom stereocenters. The topological polar surface area (TPSA) is 95.9 Å². The lowest BCUT2D eigenvalue weighted by atomic mass is 9.89. The highest BCUT2D eigenvalue weighted by atomic mass is 16.5. The quantitative estimate of drug-likeness (QED) is 0.752. The standard InChI is InChI=1S/C25H26N2O5/c1-14(23(28)27-15-10-11-22(27)20(12-15)24(29)30)26-25(31)32-13-21-18-8-4-2-6-16(18)17-7-3-5-9-19(17)21/h2-9,14-15,20-22H,10-13H2,1H3,(H,26,31)(H,29,30)/t14-,15?,20?,22?/m1/s1. The van der Waals surface area contributed by atoms with Crippen molar-refractivity contribution >= 4 is 18.0 Å². The molecular weight excluding hydrogens is 408 g/mol. The molecule has 0 aromatic heterocycles. The maximum atomic E-state index is 13.0. The largest absolute Gasteiger partial charge is 0.481 e. The van der Waals surface area contributed by atoms with Crippen molar-refractivity contribution in [2.24, 2.45) is 5.92 Å². The van der Waals surface area contributed by atoms with E-state index in [0.717, 1.165) is 28.7 Å². The number of carbonyl (C=O) groups is 3. The predicted octanol–water partition coefficient (Wildman–Crippen LogP) is 3.38. The van der Waals surface area contributed by atoms with Crippen LogP contribution in [0.2, 0.25) is 0 Å². The lowest BCUT2D eigenvalue weighted by molar-refractivity contribution is -0.143. The summed E-state index contributed by atoms with van der Waals surface area (Å²) in [6.07, 6.45) is 1.36. The fourth-order valence-electron chi connectivity index (χ4n) is 5.70. The van der Waals surface area contributed by atoms with Gasteiger partial charge in [-0.2, -0.15) is 0 Å². The summed E-state index contributed by atoms with van der Waals surface area (Å²) in [5.41, 5.74) is 4.55. The molecule has 32 heavy (non-hydrogen) atoms. The maximum Gasteiger partial charge on any atom is 0.407 e. The van der Waals surface area contributed by atoms with Gasteiger partial charge in [0.1, 0.15) is 12.6 Å². The molecule has 1 aliphatic carbocycles. The first-order chi connectivity index (χ1) is 15.5. The smallest absolute Gasteiger partial charge is 0.407 e. The predicted molar refractivity (Wildman–Crippen MR) is 117 cm³/mol. The van der Waals surface area contributed by atoms with Gasteiger partial charge in [0.25, 0.3) is 0 Å². The van der Waals surface area contributed by atoms with Crippen LogP contribution in [0, 0.1) is 5.92 Å². The molecule has 0 spiro atoms. The number of fused-ring (bicyclic) bond motifs is 5. The van der Waals surface area contributed by atoms with E-state index < -0.39 is 24.0 Å². The van der Waals surface area contributed by atoms with E-state index in [1.807, 2.05) is 24.3 Å². The second-order valence-electron chi connectivity index (χ2n) is 8.92. The van der Waals surface area contributed by atoms with Gasteiger partial charge < -0.3 is 20.1 Å². The van der Waals surface area contributed by atoms with Crippen LogP contribution in [0.15, 0.2) is 48.5 Å². The monoisotopic (exact) mass is 434 g/mol. The SMILES string of the molecule is C[C@@H](NC(=O)OCC1c2ccccc2-c2ccccc21)C(=O)N1C2CCC1C(C(=O)O)C2. The third kappa shape index (κ3) is 3.32. The number of nitrogens with one attached hydrogen (secondary N) is 1. The van der Waals surface area contributed by atoms with Gasteiger partial charge in [-0.25, -0.2) is 4.79 Å². The number of nitrogens with zero attached hydrogens (tertiary/aromatic N) is 1. The normalized spacial score (nSPS) is 24.0.